The topological polar surface area (TPSA) is 32.7 Å². The molecular formula is C11H19NO2. The van der Waals surface area contributed by atoms with Crippen LogP contribution in [0.5, 0.6) is 0 Å². The average molecular weight is 197 g/mol. The van der Waals surface area contributed by atoms with Gasteiger partial charge in [-0.25, -0.2) is 0 Å². The van der Waals surface area contributed by atoms with Crippen molar-refractivity contribution in [3.05, 3.63) is 0 Å². The number of hydrogen-bond acceptors (Lipinski definition) is 3. The highest BCUT2D eigenvalue weighted by Gasteiger charge is 2.53. The van der Waals surface area contributed by atoms with Gasteiger partial charge in [0.25, 0.3) is 0 Å². The normalized spacial score (nSPS) is 34.1. The SMILES string of the molecule is OC1(C2CC2)CN(C2CCOCC2)C1. The van der Waals surface area contributed by atoms with E-state index in [9.17, 15) is 5.11 Å². The zero-order valence-electron chi connectivity index (χ0n) is 8.61. The average Bonchev–Trinajstić information content (AvgIpc) is 2.98. The summed E-state index contributed by atoms with van der Waals surface area (Å²) in [6.07, 6.45) is 4.80. The molecule has 0 aromatic heterocycles. The van der Waals surface area contributed by atoms with Crippen molar-refractivity contribution in [2.75, 3.05) is 26.3 Å². The zero-order valence-corrected chi connectivity index (χ0v) is 8.61. The Hall–Kier alpha value is -0.120. The van der Waals surface area contributed by atoms with E-state index in [2.05, 4.69) is 4.90 Å². The Labute approximate surface area is 85.0 Å². The first-order valence-electron chi connectivity index (χ1n) is 5.82. The second-order valence-corrected chi connectivity index (χ2v) is 5.13. The summed E-state index contributed by atoms with van der Waals surface area (Å²) >= 11 is 0. The molecule has 0 spiro atoms. The minimum absolute atomic E-state index is 0.307. The van der Waals surface area contributed by atoms with Crippen LogP contribution >= 0.6 is 0 Å². The first-order valence-corrected chi connectivity index (χ1v) is 5.82. The van der Waals surface area contributed by atoms with E-state index in [4.69, 9.17) is 4.74 Å². The van der Waals surface area contributed by atoms with Gasteiger partial charge >= 0.3 is 0 Å². The third-order valence-corrected chi connectivity index (χ3v) is 4.00. The van der Waals surface area contributed by atoms with Crippen LogP contribution in [0.15, 0.2) is 0 Å². The van der Waals surface area contributed by atoms with Gasteiger partial charge in [0, 0.05) is 32.3 Å². The van der Waals surface area contributed by atoms with E-state index in [1.165, 1.54) is 12.8 Å². The molecule has 0 atom stereocenters. The molecule has 3 fully saturated rings. The van der Waals surface area contributed by atoms with E-state index < -0.39 is 0 Å². The molecule has 80 valence electrons. The number of likely N-dealkylation sites (tertiary alicyclic amines) is 1. The van der Waals surface area contributed by atoms with E-state index in [0.717, 1.165) is 39.1 Å². The smallest absolute Gasteiger partial charge is 0.0928 e. The number of hydrogen-bond donors (Lipinski definition) is 1. The van der Waals surface area contributed by atoms with Gasteiger partial charge in [-0.2, -0.15) is 0 Å². The van der Waals surface area contributed by atoms with Crippen LogP contribution in [-0.4, -0.2) is 48.0 Å². The minimum Gasteiger partial charge on any atom is -0.387 e. The van der Waals surface area contributed by atoms with E-state index in [0.29, 0.717) is 12.0 Å². The molecule has 2 aliphatic heterocycles. The predicted octanol–water partition coefficient (Wildman–Crippen LogP) is 0.622. The van der Waals surface area contributed by atoms with Crippen LogP contribution in [0.2, 0.25) is 0 Å². The maximum atomic E-state index is 10.2. The number of ether oxygens (including phenoxy) is 1. The van der Waals surface area contributed by atoms with Gasteiger partial charge in [0.15, 0.2) is 0 Å². The van der Waals surface area contributed by atoms with E-state index in [-0.39, 0.29) is 5.60 Å². The van der Waals surface area contributed by atoms with Gasteiger partial charge in [0.2, 0.25) is 0 Å². The molecule has 0 bridgehead atoms. The predicted molar refractivity (Wildman–Crippen MR) is 53.1 cm³/mol. The van der Waals surface area contributed by atoms with Crippen molar-refractivity contribution in [2.24, 2.45) is 5.92 Å². The van der Waals surface area contributed by atoms with Crippen LogP contribution < -0.4 is 0 Å². The molecule has 14 heavy (non-hydrogen) atoms. The molecule has 0 radical (unpaired) electrons. The summed E-state index contributed by atoms with van der Waals surface area (Å²) in [6.45, 7) is 3.65. The Kier molecular flexibility index (Phi) is 2.08. The number of aliphatic hydroxyl groups is 1. The Bertz CT molecular complexity index is 215. The van der Waals surface area contributed by atoms with Crippen molar-refractivity contribution in [1.82, 2.24) is 4.90 Å². The lowest BCUT2D eigenvalue weighted by atomic mass is 9.86. The fourth-order valence-electron chi connectivity index (χ4n) is 2.84. The van der Waals surface area contributed by atoms with E-state index in [1.54, 1.807) is 0 Å². The fourth-order valence-corrected chi connectivity index (χ4v) is 2.84. The lowest BCUT2D eigenvalue weighted by Gasteiger charge is -2.51. The first kappa shape index (κ1) is 9.13. The van der Waals surface area contributed by atoms with Gasteiger partial charge in [0.05, 0.1) is 5.60 Å². The molecule has 2 heterocycles. The standard InChI is InChI=1S/C11H19NO2/c13-11(9-1-2-9)7-12(8-11)10-3-5-14-6-4-10/h9-10,13H,1-8H2. The maximum Gasteiger partial charge on any atom is 0.0928 e. The largest absolute Gasteiger partial charge is 0.387 e. The molecule has 1 aliphatic carbocycles. The lowest BCUT2D eigenvalue weighted by molar-refractivity contribution is -0.140. The summed E-state index contributed by atoms with van der Waals surface area (Å²) in [6, 6.07) is 0.683. The lowest BCUT2D eigenvalue weighted by Crippen LogP contribution is -2.66. The summed E-state index contributed by atoms with van der Waals surface area (Å²) in [5.41, 5.74) is -0.307. The second kappa shape index (κ2) is 3.19. The van der Waals surface area contributed by atoms with Crippen molar-refractivity contribution < 1.29 is 9.84 Å². The highest BCUT2D eigenvalue weighted by molar-refractivity contribution is 5.06. The van der Waals surface area contributed by atoms with Gasteiger partial charge in [-0.15, -0.1) is 0 Å². The molecule has 3 rings (SSSR count). The van der Waals surface area contributed by atoms with Gasteiger partial charge in [-0.05, 0) is 31.6 Å². The zero-order chi connectivity index (χ0) is 9.60. The number of β-amino-alcohol motifs (C(OH)–C–C–N with tert-alkyl or cyclic N) is 1. The Morgan fingerprint density at radius 2 is 1.71 bits per heavy atom. The van der Waals surface area contributed by atoms with E-state index >= 15 is 0 Å². The van der Waals surface area contributed by atoms with Crippen LogP contribution in [0.3, 0.4) is 0 Å². The second-order valence-electron chi connectivity index (χ2n) is 5.13. The molecule has 2 saturated heterocycles. The number of nitrogens with zero attached hydrogens (tertiary/aromatic N) is 1. The van der Waals surface area contributed by atoms with Crippen molar-refractivity contribution in [3.63, 3.8) is 0 Å². The minimum atomic E-state index is -0.307. The fraction of sp³-hybridized carbons (Fsp3) is 1.00. The van der Waals surface area contributed by atoms with Crippen LogP contribution in [-0.2, 0) is 4.74 Å². The summed E-state index contributed by atoms with van der Waals surface area (Å²) < 4.78 is 5.34. The monoisotopic (exact) mass is 197 g/mol. The molecule has 3 heteroatoms. The highest BCUT2D eigenvalue weighted by Crippen LogP contribution is 2.45. The summed E-state index contributed by atoms with van der Waals surface area (Å²) in [5, 5.41) is 10.2. The van der Waals surface area contributed by atoms with Gasteiger partial charge < -0.3 is 9.84 Å². The first-order chi connectivity index (χ1) is 6.78. The summed E-state index contributed by atoms with van der Waals surface area (Å²) in [5.74, 6) is 0.624. The summed E-state index contributed by atoms with van der Waals surface area (Å²) in [4.78, 5) is 2.45. The Balaban J connectivity index is 1.52. The third kappa shape index (κ3) is 1.47. The molecule has 1 saturated carbocycles. The molecule has 3 aliphatic rings. The quantitative estimate of drug-likeness (QED) is 0.704. The molecule has 0 aromatic rings. The van der Waals surface area contributed by atoms with Crippen LogP contribution in [0.4, 0.5) is 0 Å². The molecule has 0 aromatic carbocycles. The molecule has 3 nitrogen and oxygen atoms in total. The molecular weight excluding hydrogens is 178 g/mol. The van der Waals surface area contributed by atoms with Crippen LogP contribution in [0, 0.1) is 5.92 Å². The van der Waals surface area contributed by atoms with Crippen molar-refractivity contribution in [2.45, 2.75) is 37.3 Å². The third-order valence-electron chi connectivity index (χ3n) is 4.00. The van der Waals surface area contributed by atoms with Gasteiger partial charge in [0.1, 0.15) is 0 Å². The van der Waals surface area contributed by atoms with Gasteiger partial charge in [-0.3, -0.25) is 4.90 Å². The van der Waals surface area contributed by atoms with Crippen LogP contribution in [0.1, 0.15) is 25.7 Å². The van der Waals surface area contributed by atoms with Crippen molar-refractivity contribution in [3.8, 4) is 0 Å². The molecule has 0 amide bonds. The van der Waals surface area contributed by atoms with Gasteiger partial charge in [-0.1, -0.05) is 0 Å². The summed E-state index contributed by atoms with van der Waals surface area (Å²) in [7, 11) is 0. The number of rotatable bonds is 2. The maximum absolute atomic E-state index is 10.2. The Morgan fingerprint density at radius 3 is 2.29 bits per heavy atom. The van der Waals surface area contributed by atoms with Crippen molar-refractivity contribution in [1.29, 1.82) is 0 Å². The highest BCUT2D eigenvalue weighted by atomic mass is 16.5. The van der Waals surface area contributed by atoms with E-state index in [1.807, 2.05) is 0 Å². The Morgan fingerprint density at radius 1 is 1.07 bits per heavy atom. The molecule has 0 unspecified atom stereocenters. The molecule has 1 N–H and O–H groups in total. The van der Waals surface area contributed by atoms with Crippen molar-refractivity contribution >= 4 is 0 Å². The van der Waals surface area contributed by atoms with Crippen LogP contribution in [0.25, 0.3) is 0 Å².